The van der Waals surface area contributed by atoms with E-state index in [2.05, 4.69) is 0 Å². The van der Waals surface area contributed by atoms with Gasteiger partial charge in [-0.2, -0.15) is 0 Å². The van der Waals surface area contributed by atoms with Crippen molar-refractivity contribution < 1.29 is 8.42 Å². The maximum Gasteiger partial charge on any atom is 0.150 e. The molecule has 0 amide bonds. The molecule has 12 heavy (non-hydrogen) atoms. The maximum absolute atomic E-state index is 11.3. The molecule has 2 fully saturated rings. The van der Waals surface area contributed by atoms with Crippen LogP contribution in [0.4, 0.5) is 0 Å². The number of rotatable bonds is 1. The Morgan fingerprint density at radius 1 is 1.25 bits per heavy atom. The van der Waals surface area contributed by atoms with E-state index in [-0.39, 0.29) is 17.2 Å². The molecule has 0 spiro atoms. The smallest absolute Gasteiger partial charge is 0.150 e. The molecule has 70 valence electrons. The fraction of sp³-hybridized carbons (Fsp3) is 1.00. The number of hydrogen-bond acceptors (Lipinski definition) is 3. The molecule has 0 aromatic rings. The summed E-state index contributed by atoms with van der Waals surface area (Å²) in [5, 5.41) is -0.133. The maximum atomic E-state index is 11.3. The summed E-state index contributed by atoms with van der Waals surface area (Å²) in [7, 11) is -2.85. The van der Waals surface area contributed by atoms with E-state index in [0.29, 0.717) is 5.92 Å². The monoisotopic (exact) mass is 189 g/mol. The topological polar surface area (TPSA) is 60.2 Å². The summed E-state index contributed by atoms with van der Waals surface area (Å²) in [5.74, 6) is 0.842. The van der Waals surface area contributed by atoms with Gasteiger partial charge in [-0.1, -0.05) is 0 Å². The minimum Gasteiger partial charge on any atom is -0.327 e. The summed E-state index contributed by atoms with van der Waals surface area (Å²) in [6.07, 6.45) is 4.28. The van der Waals surface area contributed by atoms with Gasteiger partial charge < -0.3 is 5.73 Å². The van der Waals surface area contributed by atoms with Crippen LogP contribution >= 0.6 is 0 Å². The second-order valence-electron chi connectivity index (χ2n) is 4.27. The van der Waals surface area contributed by atoms with Gasteiger partial charge in [0.1, 0.15) is 0 Å². The van der Waals surface area contributed by atoms with Crippen molar-refractivity contribution in [3.8, 4) is 0 Å². The van der Waals surface area contributed by atoms with E-state index in [1.54, 1.807) is 0 Å². The van der Waals surface area contributed by atoms with E-state index in [1.807, 2.05) is 0 Å². The Morgan fingerprint density at radius 3 is 2.25 bits per heavy atom. The highest BCUT2D eigenvalue weighted by molar-refractivity contribution is 7.91. The van der Waals surface area contributed by atoms with Crippen LogP contribution in [0, 0.1) is 11.8 Å². The van der Waals surface area contributed by atoms with Gasteiger partial charge in [0, 0.05) is 12.3 Å². The average Bonchev–Trinajstić information content (AvgIpc) is 2.41. The lowest BCUT2D eigenvalue weighted by molar-refractivity contribution is 0.413. The number of hydrogen-bond donors (Lipinski definition) is 1. The first-order valence-electron chi connectivity index (χ1n) is 4.43. The Labute approximate surface area is 73.2 Å². The molecule has 0 radical (unpaired) electrons. The molecular weight excluding hydrogens is 174 g/mol. The second kappa shape index (κ2) is 2.45. The van der Waals surface area contributed by atoms with Crippen LogP contribution < -0.4 is 5.73 Å². The van der Waals surface area contributed by atoms with E-state index in [9.17, 15) is 8.42 Å². The van der Waals surface area contributed by atoms with Crippen LogP contribution in [0.25, 0.3) is 0 Å². The molecular formula is C8H15NO2S. The van der Waals surface area contributed by atoms with Gasteiger partial charge in [0.25, 0.3) is 0 Å². The Kier molecular flexibility index (Phi) is 1.74. The summed E-state index contributed by atoms with van der Waals surface area (Å²) in [4.78, 5) is 0. The highest BCUT2D eigenvalue weighted by Gasteiger charge is 2.48. The Hall–Kier alpha value is -0.0900. The third kappa shape index (κ3) is 1.17. The standard InChI is InChI=1S/C8H15NO2S/c1-12(10,11)8-4-5-2-6(8)7(9)3-5/h5-8H,2-4,9H2,1H3. The van der Waals surface area contributed by atoms with Crippen molar-refractivity contribution in [3.05, 3.63) is 0 Å². The molecule has 4 unspecified atom stereocenters. The summed E-state index contributed by atoms with van der Waals surface area (Å²) in [6.45, 7) is 0. The predicted octanol–water partition coefficient (Wildman–Crippen LogP) is 0.157. The molecule has 3 nitrogen and oxygen atoms in total. The molecule has 4 atom stereocenters. The number of nitrogens with two attached hydrogens (primary N) is 1. The number of fused-ring (bicyclic) bond motifs is 2. The molecule has 2 aliphatic carbocycles. The lowest BCUT2D eigenvalue weighted by Gasteiger charge is -2.25. The molecule has 0 saturated heterocycles. The fourth-order valence-corrected chi connectivity index (χ4v) is 4.40. The first kappa shape index (κ1) is 8.51. The first-order valence-corrected chi connectivity index (χ1v) is 6.38. The predicted molar refractivity (Wildman–Crippen MR) is 47.4 cm³/mol. The third-order valence-corrected chi connectivity index (χ3v) is 5.00. The SMILES string of the molecule is CS(=O)(=O)C1CC2CC(N)C1C2. The van der Waals surface area contributed by atoms with Crippen LogP contribution in [0.15, 0.2) is 0 Å². The van der Waals surface area contributed by atoms with Gasteiger partial charge in [-0.05, 0) is 31.1 Å². The van der Waals surface area contributed by atoms with Gasteiger partial charge >= 0.3 is 0 Å². The zero-order valence-corrected chi connectivity index (χ0v) is 8.05. The normalized spacial score (nSPS) is 46.8. The zero-order chi connectivity index (χ0) is 8.93. The van der Waals surface area contributed by atoms with Crippen molar-refractivity contribution in [2.45, 2.75) is 30.6 Å². The van der Waals surface area contributed by atoms with E-state index < -0.39 is 9.84 Å². The fourth-order valence-electron chi connectivity index (χ4n) is 2.83. The van der Waals surface area contributed by atoms with Crippen LogP contribution in [0.3, 0.4) is 0 Å². The molecule has 0 heterocycles. The van der Waals surface area contributed by atoms with E-state index in [4.69, 9.17) is 5.73 Å². The Bertz CT molecular complexity index is 285. The summed E-state index contributed by atoms with van der Waals surface area (Å²) in [6, 6.07) is 0.142. The van der Waals surface area contributed by atoms with Gasteiger partial charge in [-0.25, -0.2) is 8.42 Å². The van der Waals surface area contributed by atoms with Crippen molar-refractivity contribution in [2.75, 3.05) is 6.26 Å². The molecule has 2 aliphatic rings. The zero-order valence-electron chi connectivity index (χ0n) is 7.23. The molecule has 2 rings (SSSR count). The van der Waals surface area contributed by atoms with Crippen LogP contribution in [-0.2, 0) is 9.84 Å². The van der Waals surface area contributed by atoms with E-state index in [1.165, 1.54) is 6.26 Å². The average molecular weight is 189 g/mol. The van der Waals surface area contributed by atoms with Gasteiger partial charge in [0.05, 0.1) is 5.25 Å². The van der Waals surface area contributed by atoms with Crippen LogP contribution in [0.5, 0.6) is 0 Å². The van der Waals surface area contributed by atoms with Gasteiger partial charge in [-0.15, -0.1) is 0 Å². The van der Waals surface area contributed by atoms with Gasteiger partial charge in [0.2, 0.25) is 0 Å². The Morgan fingerprint density at radius 2 is 1.92 bits per heavy atom. The molecule has 2 saturated carbocycles. The van der Waals surface area contributed by atoms with Crippen molar-refractivity contribution in [1.29, 1.82) is 0 Å². The Balaban J connectivity index is 2.23. The molecule has 2 N–H and O–H groups in total. The van der Waals surface area contributed by atoms with Crippen LogP contribution in [0.1, 0.15) is 19.3 Å². The summed E-state index contributed by atoms with van der Waals surface area (Å²) >= 11 is 0. The molecule has 0 aromatic carbocycles. The van der Waals surface area contributed by atoms with Crippen molar-refractivity contribution >= 4 is 9.84 Å². The van der Waals surface area contributed by atoms with Crippen LogP contribution in [0.2, 0.25) is 0 Å². The second-order valence-corrected chi connectivity index (χ2v) is 6.53. The van der Waals surface area contributed by atoms with Crippen molar-refractivity contribution in [2.24, 2.45) is 17.6 Å². The highest BCUT2D eigenvalue weighted by atomic mass is 32.2. The van der Waals surface area contributed by atoms with Gasteiger partial charge in [0.15, 0.2) is 9.84 Å². The highest BCUT2D eigenvalue weighted by Crippen LogP contribution is 2.46. The van der Waals surface area contributed by atoms with Crippen molar-refractivity contribution in [3.63, 3.8) is 0 Å². The molecule has 0 aromatic heterocycles. The van der Waals surface area contributed by atoms with Crippen molar-refractivity contribution in [1.82, 2.24) is 0 Å². The minimum absolute atomic E-state index is 0.133. The lowest BCUT2D eigenvalue weighted by atomic mass is 9.96. The molecule has 4 heteroatoms. The van der Waals surface area contributed by atoms with E-state index in [0.717, 1.165) is 19.3 Å². The lowest BCUT2D eigenvalue weighted by Crippen LogP contribution is -2.39. The third-order valence-electron chi connectivity index (χ3n) is 3.35. The molecule has 0 aliphatic heterocycles. The van der Waals surface area contributed by atoms with Crippen LogP contribution in [-0.4, -0.2) is 26.0 Å². The first-order chi connectivity index (χ1) is 5.48. The summed E-state index contributed by atoms with van der Waals surface area (Å²) in [5.41, 5.74) is 5.84. The quantitative estimate of drug-likeness (QED) is 0.639. The largest absolute Gasteiger partial charge is 0.327 e. The molecule has 2 bridgehead atoms. The minimum atomic E-state index is -2.85. The van der Waals surface area contributed by atoms with Gasteiger partial charge in [-0.3, -0.25) is 0 Å². The van der Waals surface area contributed by atoms with E-state index >= 15 is 0 Å². The summed E-state index contributed by atoms with van der Waals surface area (Å²) < 4.78 is 22.6. The number of sulfone groups is 1.